The molecule has 1 fully saturated rings. The van der Waals surface area contributed by atoms with Crippen LogP contribution in [-0.2, 0) is 19.9 Å². The van der Waals surface area contributed by atoms with Crippen molar-refractivity contribution in [2.45, 2.75) is 51.0 Å². The van der Waals surface area contributed by atoms with Crippen LogP contribution >= 0.6 is 0 Å². The van der Waals surface area contributed by atoms with Crippen molar-refractivity contribution < 1.29 is 9.90 Å². The molecule has 26 heavy (non-hydrogen) atoms. The minimum atomic E-state index is -0.416. The zero-order chi connectivity index (χ0) is 18.3. The van der Waals surface area contributed by atoms with Crippen LogP contribution in [0.1, 0.15) is 58.1 Å². The number of rotatable bonds is 4. The first-order valence-electron chi connectivity index (χ1n) is 9.46. The zero-order valence-corrected chi connectivity index (χ0v) is 15.4. The number of nitrogens with zero attached hydrogens (tertiary/aromatic N) is 3. The van der Waals surface area contributed by atoms with Crippen molar-refractivity contribution in [2.75, 3.05) is 6.54 Å². The molecule has 0 aliphatic heterocycles. The molecule has 6 heteroatoms. The van der Waals surface area contributed by atoms with Gasteiger partial charge in [-0.05, 0) is 61.8 Å². The van der Waals surface area contributed by atoms with Gasteiger partial charge >= 0.3 is 0 Å². The van der Waals surface area contributed by atoms with Crippen LogP contribution in [0, 0.1) is 12.8 Å². The molecule has 2 aromatic rings. The zero-order valence-electron chi connectivity index (χ0n) is 15.4. The number of hydrogen-bond donors (Lipinski definition) is 2. The fraction of sp³-hybridized carbons (Fsp3) is 0.550. The lowest BCUT2D eigenvalue weighted by Gasteiger charge is -2.16. The topological polar surface area (TPSA) is 80.0 Å². The van der Waals surface area contributed by atoms with Crippen LogP contribution in [0.15, 0.2) is 18.5 Å². The fourth-order valence-electron chi connectivity index (χ4n) is 4.61. The number of amides is 1. The molecule has 1 aromatic carbocycles. The number of carbonyl (C=O) groups is 1. The summed E-state index contributed by atoms with van der Waals surface area (Å²) in [4.78, 5) is 12.7. The van der Waals surface area contributed by atoms with E-state index < -0.39 is 6.10 Å². The third kappa shape index (κ3) is 3.03. The number of aliphatic hydroxyl groups excluding tert-OH is 1. The second-order valence-electron chi connectivity index (χ2n) is 7.75. The van der Waals surface area contributed by atoms with Crippen molar-refractivity contribution in [3.8, 4) is 0 Å². The van der Waals surface area contributed by atoms with Crippen molar-refractivity contribution >= 4 is 5.91 Å². The Bertz CT molecular complexity index is 829. The summed E-state index contributed by atoms with van der Waals surface area (Å²) in [5.74, 6) is 1.15. The van der Waals surface area contributed by atoms with Crippen LogP contribution in [0.3, 0.4) is 0 Å². The first-order valence-corrected chi connectivity index (χ1v) is 9.46. The summed E-state index contributed by atoms with van der Waals surface area (Å²) in [5.41, 5.74) is 4.65. The predicted molar refractivity (Wildman–Crippen MR) is 98.0 cm³/mol. The lowest BCUT2D eigenvalue weighted by Crippen LogP contribution is -2.33. The highest BCUT2D eigenvalue weighted by molar-refractivity contribution is 5.96. The van der Waals surface area contributed by atoms with Gasteiger partial charge in [0.2, 0.25) is 0 Å². The molecule has 0 bridgehead atoms. The number of hydrogen-bond acceptors (Lipinski definition) is 4. The SMILES string of the molecule is Cc1ccc(C(=O)NC[C@H]2C[C@H](c3nncn3C)C[C@H]2O)c2c1CCC2. The van der Waals surface area contributed by atoms with Gasteiger partial charge < -0.3 is 15.0 Å². The second-order valence-corrected chi connectivity index (χ2v) is 7.75. The van der Waals surface area contributed by atoms with Crippen LogP contribution in [0.5, 0.6) is 0 Å². The second kappa shape index (κ2) is 6.83. The first-order chi connectivity index (χ1) is 12.5. The normalized spacial score (nSPS) is 24.7. The maximum atomic E-state index is 12.7. The van der Waals surface area contributed by atoms with E-state index >= 15 is 0 Å². The van der Waals surface area contributed by atoms with E-state index in [9.17, 15) is 9.90 Å². The Morgan fingerprint density at radius 1 is 1.31 bits per heavy atom. The largest absolute Gasteiger partial charge is 0.393 e. The monoisotopic (exact) mass is 354 g/mol. The van der Waals surface area contributed by atoms with E-state index in [0.717, 1.165) is 37.1 Å². The van der Waals surface area contributed by atoms with Crippen molar-refractivity contribution in [1.82, 2.24) is 20.1 Å². The van der Waals surface area contributed by atoms with Gasteiger partial charge in [-0.2, -0.15) is 0 Å². The van der Waals surface area contributed by atoms with Crippen molar-refractivity contribution in [3.63, 3.8) is 0 Å². The van der Waals surface area contributed by atoms with Gasteiger partial charge in [-0.3, -0.25) is 4.79 Å². The quantitative estimate of drug-likeness (QED) is 0.879. The van der Waals surface area contributed by atoms with Gasteiger partial charge in [-0.15, -0.1) is 10.2 Å². The van der Waals surface area contributed by atoms with Crippen LogP contribution < -0.4 is 5.32 Å². The van der Waals surface area contributed by atoms with Gasteiger partial charge in [-0.25, -0.2) is 0 Å². The van der Waals surface area contributed by atoms with E-state index in [1.165, 1.54) is 16.7 Å². The Labute approximate surface area is 153 Å². The van der Waals surface area contributed by atoms with E-state index in [-0.39, 0.29) is 17.7 Å². The molecule has 138 valence electrons. The van der Waals surface area contributed by atoms with E-state index in [1.807, 2.05) is 23.7 Å². The Morgan fingerprint density at radius 2 is 2.12 bits per heavy atom. The minimum absolute atomic E-state index is 0.0162. The predicted octanol–water partition coefficient (Wildman–Crippen LogP) is 1.90. The summed E-state index contributed by atoms with van der Waals surface area (Å²) in [6, 6.07) is 4.00. The lowest BCUT2D eigenvalue weighted by atomic mass is 9.98. The molecule has 1 heterocycles. The molecule has 2 aliphatic rings. The van der Waals surface area contributed by atoms with Crippen LogP contribution in [-0.4, -0.2) is 38.4 Å². The van der Waals surface area contributed by atoms with Crippen LogP contribution in [0.25, 0.3) is 0 Å². The maximum Gasteiger partial charge on any atom is 0.251 e. The lowest BCUT2D eigenvalue weighted by molar-refractivity contribution is 0.0916. The van der Waals surface area contributed by atoms with Gasteiger partial charge in [0.25, 0.3) is 5.91 Å². The van der Waals surface area contributed by atoms with Crippen LogP contribution in [0.2, 0.25) is 0 Å². The van der Waals surface area contributed by atoms with E-state index in [4.69, 9.17) is 0 Å². The number of fused-ring (bicyclic) bond motifs is 1. The van der Waals surface area contributed by atoms with Crippen molar-refractivity contribution in [3.05, 3.63) is 46.5 Å². The average Bonchev–Trinajstić information content (AvgIpc) is 3.33. The van der Waals surface area contributed by atoms with Crippen LogP contribution in [0.4, 0.5) is 0 Å². The number of aliphatic hydroxyl groups is 1. The van der Waals surface area contributed by atoms with Gasteiger partial charge in [0.05, 0.1) is 6.10 Å². The van der Waals surface area contributed by atoms with E-state index in [2.05, 4.69) is 22.4 Å². The molecular formula is C20H26N4O2. The number of aromatic nitrogens is 3. The number of nitrogens with one attached hydrogen (secondary N) is 1. The Morgan fingerprint density at radius 3 is 2.88 bits per heavy atom. The molecule has 4 rings (SSSR count). The molecule has 2 N–H and O–H groups in total. The summed E-state index contributed by atoms with van der Waals surface area (Å²) in [7, 11) is 1.93. The Balaban J connectivity index is 1.41. The van der Waals surface area contributed by atoms with Crippen molar-refractivity contribution in [1.29, 1.82) is 0 Å². The van der Waals surface area contributed by atoms with E-state index in [0.29, 0.717) is 13.0 Å². The molecular weight excluding hydrogens is 328 g/mol. The number of carbonyl (C=O) groups excluding carboxylic acids is 1. The molecule has 0 saturated heterocycles. The summed E-state index contributed by atoms with van der Waals surface area (Å²) in [5, 5.41) is 21.6. The smallest absolute Gasteiger partial charge is 0.251 e. The van der Waals surface area contributed by atoms with Gasteiger partial charge in [0.15, 0.2) is 0 Å². The molecule has 6 nitrogen and oxygen atoms in total. The fourth-order valence-corrected chi connectivity index (χ4v) is 4.61. The maximum absolute atomic E-state index is 12.7. The highest BCUT2D eigenvalue weighted by Gasteiger charge is 2.36. The molecule has 1 aromatic heterocycles. The van der Waals surface area contributed by atoms with Gasteiger partial charge in [0, 0.05) is 31.0 Å². The molecule has 0 unspecified atom stereocenters. The highest BCUT2D eigenvalue weighted by atomic mass is 16.3. The summed E-state index contributed by atoms with van der Waals surface area (Å²) < 4.78 is 1.91. The molecule has 1 saturated carbocycles. The molecule has 0 radical (unpaired) electrons. The Kier molecular flexibility index (Phi) is 4.53. The summed E-state index contributed by atoms with van der Waals surface area (Å²) in [6.45, 7) is 2.62. The third-order valence-corrected chi connectivity index (χ3v) is 6.06. The Hall–Kier alpha value is -2.21. The first kappa shape index (κ1) is 17.2. The molecule has 0 spiro atoms. The van der Waals surface area contributed by atoms with E-state index in [1.54, 1.807) is 6.33 Å². The van der Waals surface area contributed by atoms with Gasteiger partial charge in [0.1, 0.15) is 12.2 Å². The molecule has 2 aliphatic carbocycles. The molecule has 3 atom stereocenters. The summed E-state index contributed by atoms with van der Waals surface area (Å²) >= 11 is 0. The van der Waals surface area contributed by atoms with Crippen molar-refractivity contribution in [2.24, 2.45) is 13.0 Å². The number of aryl methyl sites for hydroxylation is 2. The highest BCUT2D eigenvalue weighted by Crippen LogP contribution is 2.37. The average molecular weight is 354 g/mol. The van der Waals surface area contributed by atoms with Gasteiger partial charge in [-0.1, -0.05) is 6.07 Å². The molecule has 1 amide bonds. The minimum Gasteiger partial charge on any atom is -0.393 e. The standard InChI is InChI=1S/C20H26N4O2/c1-12-6-7-17(16-5-3-4-15(12)16)20(26)21-10-14-8-13(9-18(14)25)19-23-22-11-24(19)2/h6-7,11,13-14,18,25H,3-5,8-10H2,1-2H3,(H,21,26)/t13-,14+,18+/m0/s1. The number of benzene rings is 1. The summed E-state index contributed by atoms with van der Waals surface area (Å²) in [6.07, 6.45) is 5.95. The third-order valence-electron chi connectivity index (χ3n) is 6.06.